The van der Waals surface area contributed by atoms with Crippen LogP contribution in [0.4, 0.5) is 0 Å². The Morgan fingerprint density at radius 2 is 1.73 bits per heavy atom. The highest BCUT2D eigenvalue weighted by atomic mass is 80.0. The van der Waals surface area contributed by atoms with Crippen molar-refractivity contribution in [2.75, 3.05) is 0 Å². The van der Waals surface area contributed by atoms with E-state index in [4.69, 9.17) is 0 Å². The van der Waals surface area contributed by atoms with Crippen molar-refractivity contribution in [2.45, 2.75) is 39.6 Å². The van der Waals surface area contributed by atoms with Crippen molar-refractivity contribution in [3.05, 3.63) is 0 Å². The molecule has 11 heavy (non-hydrogen) atoms. The molecule has 0 aliphatic heterocycles. The lowest BCUT2D eigenvalue weighted by atomic mass is 10.2. The summed E-state index contributed by atoms with van der Waals surface area (Å²) in [4.78, 5) is 0.432. The summed E-state index contributed by atoms with van der Waals surface area (Å²) < 4.78 is -0.138. The second-order valence-corrected chi connectivity index (χ2v) is 10.6. The number of hydrogen-bond acceptors (Lipinski definition) is 0. The van der Waals surface area contributed by atoms with Crippen molar-refractivity contribution in [3.8, 4) is 0 Å². The Kier molecular flexibility index (Phi) is 7.50. The monoisotopic (exact) mass is 412 g/mol. The van der Waals surface area contributed by atoms with Crippen molar-refractivity contribution in [1.82, 2.24) is 0 Å². The Morgan fingerprint density at radius 3 is 2.09 bits per heavy atom. The van der Waals surface area contributed by atoms with Gasteiger partial charge in [-0.1, -0.05) is 89.9 Å². The minimum atomic E-state index is -0.138. The van der Waals surface area contributed by atoms with E-state index in [1.807, 2.05) is 0 Å². The number of alkyl halides is 4. The topological polar surface area (TPSA) is 0 Å². The van der Waals surface area contributed by atoms with Crippen molar-refractivity contribution >= 4 is 63.7 Å². The number of rotatable bonds is 4. The predicted molar refractivity (Wildman–Crippen MR) is 66.4 cm³/mol. The van der Waals surface area contributed by atoms with Crippen LogP contribution in [0.25, 0.3) is 0 Å². The van der Waals surface area contributed by atoms with E-state index in [1.165, 1.54) is 25.7 Å². The van der Waals surface area contributed by atoms with Gasteiger partial charge in [-0.25, -0.2) is 0 Å². The first-order valence-corrected chi connectivity index (χ1v) is 6.98. The van der Waals surface area contributed by atoms with E-state index in [0.717, 1.165) is 0 Å². The van der Waals surface area contributed by atoms with Crippen LogP contribution in [0.15, 0.2) is 0 Å². The van der Waals surface area contributed by atoms with Crippen LogP contribution in [0.5, 0.6) is 0 Å². The maximum absolute atomic E-state index is 3.59. The summed E-state index contributed by atoms with van der Waals surface area (Å²) in [6.45, 7) is 2.22. The Morgan fingerprint density at radius 1 is 1.18 bits per heavy atom. The molecule has 68 valence electrons. The van der Waals surface area contributed by atoms with Crippen molar-refractivity contribution < 1.29 is 0 Å². The zero-order valence-corrected chi connectivity index (χ0v) is 12.8. The quantitative estimate of drug-likeness (QED) is 0.439. The van der Waals surface area contributed by atoms with Crippen LogP contribution in [-0.4, -0.2) is 6.97 Å². The van der Waals surface area contributed by atoms with Gasteiger partial charge >= 0.3 is 0 Å². The van der Waals surface area contributed by atoms with Crippen LogP contribution in [0.3, 0.4) is 0 Å². The van der Waals surface area contributed by atoms with Gasteiger partial charge in [0.05, 0.1) is 0 Å². The van der Waals surface area contributed by atoms with E-state index >= 15 is 0 Å². The van der Waals surface area contributed by atoms with Gasteiger partial charge in [0.25, 0.3) is 0 Å². The molecule has 0 spiro atoms. The van der Waals surface area contributed by atoms with E-state index in [-0.39, 0.29) is 2.14 Å². The maximum Gasteiger partial charge on any atom is 0.147 e. The summed E-state index contributed by atoms with van der Waals surface area (Å²) in [6.07, 6.45) is 5.04. The number of hydrogen-bond donors (Lipinski definition) is 0. The van der Waals surface area contributed by atoms with Crippen molar-refractivity contribution in [3.63, 3.8) is 0 Å². The molecule has 0 amide bonds. The summed E-state index contributed by atoms with van der Waals surface area (Å²) in [7, 11) is 0. The minimum Gasteiger partial charge on any atom is -0.0857 e. The van der Waals surface area contributed by atoms with Crippen LogP contribution in [-0.2, 0) is 0 Å². The molecule has 0 rings (SSSR count). The highest BCUT2D eigenvalue weighted by molar-refractivity contribution is 9.40. The first-order valence-electron chi connectivity index (χ1n) is 3.69. The molecule has 0 aliphatic rings. The lowest BCUT2D eigenvalue weighted by Crippen LogP contribution is -2.16. The molecule has 0 heterocycles. The normalized spacial score (nSPS) is 15.0. The van der Waals surface area contributed by atoms with Gasteiger partial charge in [-0.3, -0.25) is 0 Å². The fraction of sp³-hybridized carbons (Fsp3) is 1.00. The third-order valence-corrected chi connectivity index (χ3v) is 6.06. The Labute approximate surface area is 102 Å². The van der Waals surface area contributed by atoms with Gasteiger partial charge in [0.1, 0.15) is 2.14 Å². The van der Waals surface area contributed by atoms with E-state index < -0.39 is 0 Å². The largest absolute Gasteiger partial charge is 0.147 e. The van der Waals surface area contributed by atoms with Crippen LogP contribution in [0, 0.1) is 0 Å². The van der Waals surface area contributed by atoms with Crippen LogP contribution in [0.2, 0.25) is 0 Å². The molecule has 0 aromatic heterocycles. The third kappa shape index (κ3) is 7.03. The van der Waals surface area contributed by atoms with E-state index in [1.54, 1.807) is 0 Å². The molecule has 0 bridgehead atoms. The van der Waals surface area contributed by atoms with E-state index in [9.17, 15) is 0 Å². The van der Waals surface area contributed by atoms with Crippen LogP contribution in [0.1, 0.15) is 32.6 Å². The molecule has 1 unspecified atom stereocenters. The SMILES string of the molecule is CCCCCC(Br)C(Br)(Br)Br. The summed E-state index contributed by atoms with van der Waals surface area (Å²) in [5.74, 6) is 0. The lowest BCUT2D eigenvalue weighted by molar-refractivity contribution is 0.664. The fourth-order valence-corrected chi connectivity index (χ4v) is 1.75. The third-order valence-electron chi connectivity index (χ3n) is 1.42. The number of halogens is 4. The summed E-state index contributed by atoms with van der Waals surface area (Å²) in [6, 6.07) is 0. The van der Waals surface area contributed by atoms with E-state index in [0.29, 0.717) is 4.83 Å². The second-order valence-electron chi connectivity index (χ2n) is 2.50. The molecule has 0 radical (unpaired) electrons. The Bertz CT molecular complexity index is 97.1. The first kappa shape index (κ1) is 12.9. The van der Waals surface area contributed by atoms with Crippen LogP contribution < -0.4 is 0 Å². The molecule has 0 aromatic carbocycles. The standard InChI is InChI=1S/C7H12Br4/c1-2-3-4-5-6(8)7(9,10)11/h6H,2-5H2,1H3. The molecule has 0 aliphatic carbocycles. The molecular formula is C7H12Br4. The van der Waals surface area contributed by atoms with Gasteiger partial charge in [-0.15, -0.1) is 0 Å². The molecule has 0 saturated carbocycles. The number of unbranched alkanes of at least 4 members (excludes halogenated alkanes) is 2. The van der Waals surface area contributed by atoms with E-state index in [2.05, 4.69) is 70.6 Å². The predicted octanol–water partition coefficient (Wildman–Crippen LogP) is 5.17. The van der Waals surface area contributed by atoms with Gasteiger partial charge < -0.3 is 0 Å². The lowest BCUT2D eigenvalue weighted by Gasteiger charge is -2.19. The molecule has 0 fully saturated rings. The molecule has 0 saturated heterocycles. The average molecular weight is 416 g/mol. The zero-order valence-electron chi connectivity index (χ0n) is 6.42. The Balaban J connectivity index is 3.44. The van der Waals surface area contributed by atoms with Gasteiger partial charge in [-0.2, -0.15) is 0 Å². The van der Waals surface area contributed by atoms with Gasteiger partial charge in [0.2, 0.25) is 0 Å². The average Bonchev–Trinajstić information content (AvgIpc) is 1.86. The Hall–Kier alpha value is 1.92. The van der Waals surface area contributed by atoms with Gasteiger partial charge in [0, 0.05) is 4.83 Å². The summed E-state index contributed by atoms with van der Waals surface area (Å²) in [5, 5.41) is 0. The molecular weight excluding hydrogens is 404 g/mol. The highest BCUT2D eigenvalue weighted by Gasteiger charge is 2.27. The first-order chi connectivity index (χ1) is 4.98. The minimum absolute atomic E-state index is 0.138. The molecule has 0 nitrogen and oxygen atoms in total. The fourth-order valence-electron chi connectivity index (χ4n) is 0.737. The second kappa shape index (κ2) is 6.39. The maximum atomic E-state index is 3.59. The van der Waals surface area contributed by atoms with Crippen molar-refractivity contribution in [1.29, 1.82) is 0 Å². The van der Waals surface area contributed by atoms with Gasteiger partial charge in [0.15, 0.2) is 0 Å². The zero-order chi connectivity index (χ0) is 8.91. The molecule has 0 aromatic rings. The van der Waals surface area contributed by atoms with Gasteiger partial charge in [-0.05, 0) is 6.42 Å². The molecule has 0 N–H and O–H groups in total. The highest BCUT2D eigenvalue weighted by Crippen LogP contribution is 2.42. The summed E-state index contributed by atoms with van der Waals surface area (Å²) in [5.41, 5.74) is 0. The molecule has 1 atom stereocenters. The summed E-state index contributed by atoms with van der Waals surface area (Å²) >= 11 is 14.0. The van der Waals surface area contributed by atoms with Crippen LogP contribution >= 0.6 is 63.7 Å². The van der Waals surface area contributed by atoms with Crippen molar-refractivity contribution in [2.24, 2.45) is 0 Å². The smallest absolute Gasteiger partial charge is 0.0857 e. The molecule has 4 heteroatoms.